The predicted molar refractivity (Wildman–Crippen MR) is 92.3 cm³/mol. The molecule has 1 aromatic heterocycles. The Hall–Kier alpha value is -1.81. The number of ketones is 1. The zero-order valence-electron chi connectivity index (χ0n) is 13.5. The molecule has 23 heavy (non-hydrogen) atoms. The van der Waals surface area contributed by atoms with Crippen LogP contribution in [0.15, 0.2) is 36.9 Å². The predicted octanol–water partition coefficient (Wildman–Crippen LogP) is 4.77. The molecule has 124 valence electrons. The van der Waals surface area contributed by atoms with E-state index in [-0.39, 0.29) is 12.3 Å². The summed E-state index contributed by atoms with van der Waals surface area (Å²) in [6, 6.07) is 5.20. The molecule has 5 heteroatoms. The number of hydrogen-bond acceptors (Lipinski definition) is 3. The Kier molecular flexibility index (Phi) is 7.14. The van der Waals surface area contributed by atoms with E-state index in [1.54, 1.807) is 41.5 Å². The molecule has 1 aromatic carbocycles. The lowest BCUT2D eigenvalue weighted by Gasteiger charge is -2.11. The molecule has 0 N–H and O–H groups in total. The highest BCUT2D eigenvalue weighted by molar-refractivity contribution is 6.31. The first kappa shape index (κ1) is 17.5. The van der Waals surface area contributed by atoms with Gasteiger partial charge in [-0.25, -0.2) is 4.98 Å². The van der Waals surface area contributed by atoms with Gasteiger partial charge in [-0.2, -0.15) is 0 Å². The Morgan fingerprint density at radius 1 is 1.26 bits per heavy atom. The SMILES string of the molecule is CCCCCCCOc1ccc(Cl)cc1C(=O)Cn1ccnc1. The van der Waals surface area contributed by atoms with Crippen molar-refractivity contribution in [2.45, 2.75) is 45.6 Å². The highest BCUT2D eigenvalue weighted by Crippen LogP contribution is 2.24. The molecule has 0 spiro atoms. The molecular formula is C18H23ClN2O2. The average Bonchev–Trinajstić information content (AvgIpc) is 3.04. The van der Waals surface area contributed by atoms with Crippen molar-refractivity contribution in [1.29, 1.82) is 0 Å². The van der Waals surface area contributed by atoms with E-state index >= 15 is 0 Å². The maximum Gasteiger partial charge on any atom is 0.186 e. The van der Waals surface area contributed by atoms with Gasteiger partial charge in [0.1, 0.15) is 5.75 Å². The van der Waals surface area contributed by atoms with E-state index in [0.29, 0.717) is 22.9 Å². The fraction of sp³-hybridized carbons (Fsp3) is 0.444. The van der Waals surface area contributed by atoms with Crippen molar-refractivity contribution in [3.63, 3.8) is 0 Å². The van der Waals surface area contributed by atoms with Crippen LogP contribution in [0.2, 0.25) is 5.02 Å². The van der Waals surface area contributed by atoms with Gasteiger partial charge < -0.3 is 9.30 Å². The van der Waals surface area contributed by atoms with Gasteiger partial charge in [0.25, 0.3) is 0 Å². The van der Waals surface area contributed by atoms with Gasteiger partial charge in [0.15, 0.2) is 5.78 Å². The van der Waals surface area contributed by atoms with E-state index in [9.17, 15) is 4.79 Å². The standard InChI is InChI=1S/C18H23ClN2O2/c1-2-3-4-5-6-11-23-18-8-7-15(19)12-16(18)17(22)13-21-10-9-20-14-21/h7-10,12,14H,2-6,11,13H2,1H3. The van der Waals surface area contributed by atoms with Crippen LogP contribution in [0.4, 0.5) is 0 Å². The van der Waals surface area contributed by atoms with E-state index in [2.05, 4.69) is 11.9 Å². The number of nitrogens with zero attached hydrogens (tertiary/aromatic N) is 2. The summed E-state index contributed by atoms with van der Waals surface area (Å²) in [5.41, 5.74) is 0.528. The van der Waals surface area contributed by atoms with Crippen LogP contribution in [0.25, 0.3) is 0 Å². The van der Waals surface area contributed by atoms with Gasteiger partial charge in [-0.1, -0.05) is 44.2 Å². The number of benzene rings is 1. The second-order valence-electron chi connectivity index (χ2n) is 5.56. The highest BCUT2D eigenvalue weighted by atomic mass is 35.5. The molecule has 0 atom stereocenters. The first-order valence-electron chi connectivity index (χ1n) is 8.12. The molecule has 0 unspecified atom stereocenters. The molecule has 1 heterocycles. The molecular weight excluding hydrogens is 312 g/mol. The molecule has 0 radical (unpaired) electrons. The van der Waals surface area contributed by atoms with Crippen LogP contribution in [0.3, 0.4) is 0 Å². The number of Topliss-reactive ketones (excluding diaryl/α,β-unsaturated/α-hetero) is 1. The number of rotatable bonds is 10. The van der Waals surface area contributed by atoms with Crippen molar-refractivity contribution in [3.8, 4) is 5.75 Å². The molecule has 0 aliphatic carbocycles. The lowest BCUT2D eigenvalue weighted by atomic mass is 10.1. The quantitative estimate of drug-likeness (QED) is 0.464. The second kappa shape index (κ2) is 9.36. The van der Waals surface area contributed by atoms with Crippen LogP contribution < -0.4 is 4.74 Å². The van der Waals surface area contributed by atoms with Crippen molar-refractivity contribution >= 4 is 17.4 Å². The van der Waals surface area contributed by atoms with Crippen LogP contribution in [-0.2, 0) is 6.54 Å². The van der Waals surface area contributed by atoms with Gasteiger partial charge >= 0.3 is 0 Å². The van der Waals surface area contributed by atoms with Crippen LogP contribution in [-0.4, -0.2) is 21.9 Å². The highest BCUT2D eigenvalue weighted by Gasteiger charge is 2.14. The minimum atomic E-state index is -0.0357. The summed E-state index contributed by atoms with van der Waals surface area (Å²) in [7, 11) is 0. The molecule has 0 fully saturated rings. The molecule has 0 saturated heterocycles. The minimum Gasteiger partial charge on any atom is -0.493 e. The Labute approximate surface area is 142 Å². The van der Waals surface area contributed by atoms with E-state index in [0.717, 1.165) is 12.8 Å². The maximum absolute atomic E-state index is 12.5. The summed E-state index contributed by atoms with van der Waals surface area (Å²) >= 11 is 6.03. The van der Waals surface area contributed by atoms with Gasteiger partial charge in [-0.3, -0.25) is 4.79 Å². The van der Waals surface area contributed by atoms with Gasteiger partial charge in [-0.15, -0.1) is 0 Å². The second-order valence-corrected chi connectivity index (χ2v) is 6.00. The van der Waals surface area contributed by atoms with Gasteiger partial charge in [0, 0.05) is 17.4 Å². The van der Waals surface area contributed by atoms with Crippen molar-refractivity contribution in [1.82, 2.24) is 9.55 Å². The average molecular weight is 335 g/mol. The third-order valence-electron chi connectivity index (χ3n) is 3.63. The number of unbranched alkanes of at least 4 members (excludes halogenated alkanes) is 4. The normalized spacial score (nSPS) is 10.7. The number of aromatic nitrogens is 2. The topological polar surface area (TPSA) is 44.1 Å². The first-order chi connectivity index (χ1) is 11.2. The molecule has 0 bridgehead atoms. The number of halogens is 1. The Morgan fingerprint density at radius 3 is 2.83 bits per heavy atom. The summed E-state index contributed by atoms with van der Waals surface area (Å²) in [6.07, 6.45) is 10.9. The third-order valence-corrected chi connectivity index (χ3v) is 3.87. The van der Waals surface area contributed by atoms with Gasteiger partial charge in [-0.05, 0) is 24.6 Å². The smallest absolute Gasteiger partial charge is 0.186 e. The molecule has 2 aromatic rings. The van der Waals surface area contributed by atoms with E-state index in [4.69, 9.17) is 16.3 Å². The number of carbonyl (C=O) groups excluding carboxylic acids is 1. The Bertz CT molecular complexity index is 611. The number of carbonyl (C=O) groups is 1. The lowest BCUT2D eigenvalue weighted by molar-refractivity contribution is 0.0968. The largest absolute Gasteiger partial charge is 0.493 e. The van der Waals surface area contributed by atoms with Gasteiger partial charge in [0.2, 0.25) is 0 Å². The number of ether oxygens (including phenoxy) is 1. The van der Waals surface area contributed by atoms with E-state index < -0.39 is 0 Å². The van der Waals surface area contributed by atoms with E-state index in [1.807, 2.05) is 0 Å². The van der Waals surface area contributed by atoms with Crippen LogP contribution in [0.1, 0.15) is 49.4 Å². The molecule has 4 nitrogen and oxygen atoms in total. The molecule has 0 saturated carbocycles. The fourth-order valence-electron chi connectivity index (χ4n) is 2.36. The summed E-state index contributed by atoms with van der Waals surface area (Å²) in [5.74, 6) is 0.571. The fourth-order valence-corrected chi connectivity index (χ4v) is 2.54. The van der Waals surface area contributed by atoms with Crippen LogP contribution in [0, 0.1) is 0 Å². The zero-order chi connectivity index (χ0) is 16.5. The first-order valence-corrected chi connectivity index (χ1v) is 8.49. The Morgan fingerprint density at radius 2 is 2.09 bits per heavy atom. The summed E-state index contributed by atoms with van der Waals surface area (Å²) in [4.78, 5) is 16.4. The van der Waals surface area contributed by atoms with Gasteiger partial charge in [0.05, 0.1) is 25.0 Å². The molecule has 2 rings (SSSR count). The van der Waals surface area contributed by atoms with Crippen LogP contribution in [0.5, 0.6) is 5.75 Å². The maximum atomic E-state index is 12.5. The van der Waals surface area contributed by atoms with E-state index in [1.165, 1.54) is 19.3 Å². The molecule has 0 aliphatic heterocycles. The Balaban J connectivity index is 1.95. The summed E-state index contributed by atoms with van der Waals surface area (Å²) in [5, 5.41) is 0.536. The van der Waals surface area contributed by atoms with Crippen molar-refractivity contribution in [3.05, 3.63) is 47.5 Å². The van der Waals surface area contributed by atoms with Crippen molar-refractivity contribution in [2.75, 3.05) is 6.61 Å². The molecule has 0 amide bonds. The number of imidazole rings is 1. The number of hydrogen-bond donors (Lipinski definition) is 0. The minimum absolute atomic E-state index is 0.0357. The lowest BCUT2D eigenvalue weighted by Crippen LogP contribution is -2.11. The van der Waals surface area contributed by atoms with Crippen LogP contribution >= 0.6 is 11.6 Å². The van der Waals surface area contributed by atoms with Crippen molar-refractivity contribution < 1.29 is 9.53 Å². The van der Waals surface area contributed by atoms with Crippen molar-refractivity contribution in [2.24, 2.45) is 0 Å². The monoisotopic (exact) mass is 334 g/mol. The third kappa shape index (κ3) is 5.71. The summed E-state index contributed by atoms with van der Waals surface area (Å²) < 4.78 is 7.54. The molecule has 0 aliphatic rings. The summed E-state index contributed by atoms with van der Waals surface area (Å²) in [6.45, 7) is 3.05. The zero-order valence-corrected chi connectivity index (χ0v) is 14.3.